The van der Waals surface area contributed by atoms with Crippen molar-refractivity contribution in [2.45, 2.75) is 47.1 Å². The second kappa shape index (κ2) is 6.07. The van der Waals surface area contributed by atoms with Gasteiger partial charge in [-0.2, -0.15) is 0 Å². The van der Waals surface area contributed by atoms with E-state index < -0.39 is 0 Å². The van der Waals surface area contributed by atoms with Gasteiger partial charge >= 0.3 is 0 Å². The van der Waals surface area contributed by atoms with Crippen molar-refractivity contribution in [3.05, 3.63) is 18.2 Å². The van der Waals surface area contributed by atoms with Crippen LogP contribution in [0.15, 0.2) is 18.2 Å². The Morgan fingerprint density at radius 1 is 1.33 bits per heavy atom. The van der Waals surface area contributed by atoms with Crippen molar-refractivity contribution in [2.24, 2.45) is 5.41 Å². The van der Waals surface area contributed by atoms with E-state index in [0.717, 1.165) is 24.6 Å². The van der Waals surface area contributed by atoms with Gasteiger partial charge in [-0.05, 0) is 30.9 Å². The first-order valence-electron chi connectivity index (χ1n) is 6.80. The van der Waals surface area contributed by atoms with Crippen LogP contribution in [0.1, 0.15) is 41.0 Å². The first-order valence-corrected chi connectivity index (χ1v) is 6.80. The van der Waals surface area contributed by atoms with Gasteiger partial charge in [-0.15, -0.1) is 0 Å². The lowest BCUT2D eigenvalue weighted by atomic mass is 9.87. The molecule has 0 aliphatic carbocycles. The van der Waals surface area contributed by atoms with E-state index in [2.05, 4.69) is 69.0 Å². The molecule has 0 aliphatic heterocycles. The van der Waals surface area contributed by atoms with Gasteiger partial charge < -0.3 is 10.2 Å². The van der Waals surface area contributed by atoms with Gasteiger partial charge in [0.05, 0.1) is 0 Å². The van der Waals surface area contributed by atoms with Crippen molar-refractivity contribution < 1.29 is 0 Å². The van der Waals surface area contributed by atoms with Gasteiger partial charge in [-0.25, -0.2) is 4.98 Å². The Labute approximate surface area is 112 Å². The van der Waals surface area contributed by atoms with Crippen molar-refractivity contribution in [3.63, 3.8) is 0 Å². The molecule has 1 atom stereocenters. The van der Waals surface area contributed by atoms with Crippen molar-refractivity contribution in [1.82, 2.24) is 4.98 Å². The Kier molecular flexibility index (Phi) is 5.00. The van der Waals surface area contributed by atoms with Crippen LogP contribution < -0.4 is 10.2 Å². The highest BCUT2D eigenvalue weighted by molar-refractivity contribution is 5.47. The van der Waals surface area contributed by atoms with Gasteiger partial charge in [0.1, 0.15) is 11.6 Å². The third kappa shape index (κ3) is 3.90. The predicted molar refractivity (Wildman–Crippen MR) is 80.3 cm³/mol. The fourth-order valence-corrected chi connectivity index (χ4v) is 1.75. The number of rotatable bonds is 5. The summed E-state index contributed by atoms with van der Waals surface area (Å²) < 4.78 is 0. The maximum absolute atomic E-state index is 4.66. The summed E-state index contributed by atoms with van der Waals surface area (Å²) in [4.78, 5) is 6.91. The second-order valence-electron chi connectivity index (χ2n) is 5.96. The summed E-state index contributed by atoms with van der Waals surface area (Å²) in [5, 5.41) is 3.33. The first kappa shape index (κ1) is 14.8. The zero-order chi connectivity index (χ0) is 13.8. The molecular formula is C15H27N3. The summed E-state index contributed by atoms with van der Waals surface area (Å²) in [7, 11) is 2.11. The molecule has 3 nitrogen and oxygen atoms in total. The van der Waals surface area contributed by atoms with Gasteiger partial charge in [0, 0.05) is 19.6 Å². The van der Waals surface area contributed by atoms with Crippen LogP contribution in [0.2, 0.25) is 0 Å². The van der Waals surface area contributed by atoms with E-state index in [4.69, 9.17) is 0 Å². The molecule has 1 N–H and O–H groups in total. The molecule has 1 unspecified atom stereocenters. The summed E-state index contributed by atoms with van der Waals surface area (Å²) in [6.07, 6.45) is 1.11. The van der Waals surface area contributed by atoms with E-state index in [1.54, 1.807) is 0 Å². The molecule has 0 radical (unpaired) electrons. The van der Waals surface area contributed by atoms with Gasteiger partial charge in [0.15, 0.2) is 0 Å². The number of anilines is 2. The summed E-state index contributed by atoms with van der Waals surface area (Å²) in [5.41, 5.74) is 0.239. The third-order valence-electron chi connectivity index (χ3n) is 3.49. The first-order chi connectivity index (χ1) is 8.36. The average Bonchev–Trinajstić information content (AvgIpc) is 2.33. The van der Waals surface area contributed by atoms with E-state index >= 15 is 0 Å². The smallest absolute Gasteiger partial charge is 0.130 e. The molecule has 0 saturated heterocycles. The lowest BCUT2D eigenvalue weighted by Crippen LogP contribution is -2.39. The van der Waals surface area contributed by atoms with Gasteiger partial charge in [0.25, 0.3) is 0 Å². The standard InChI is InChI=1S/C15H27N3/c1-7-11-16-13-9-8-10-14(17-13)18(6)12(2)15(3,4)5/h8-10,12H,7,11H2,1-6H3,(H,16,17). The lowest BCUT2D eigenvalue weighted by molar-refractivity contribution is 0.328. The molecule has 18 heavy (non-hydrogen) atoms. The monoisotopic (exact) mass is 249 g/mol. The van der Waals surface area contributed by atoms with Crippen LogP contribution in [0.4, 0.5) is 11.6 Å². The van der Waals surface area contributed by atoms with E-state index in [0.29, 0.717) is 6.04 Å². The fourth-order valence-electron chi connectivity index (χ4n) is 1.75. The van der Waals surface area contributed by atoms with Crippen LogP contribution in [0, 0.1) is 5.41 Å². The molecule has 0 saturated carbocycles. The Hall–Kier alpha value is -1.25. The molecule has 102 valence electrons. The van der Waals surface area contributed by atoms with Crippen LogP contribution in [0.25, 0.3) is 0 Å². The maximum atomic E-state index is 4.66. The van der Waals surface area contributed by atoms with Crippen molar-refractivity contribution >= 4 is 11.6 Å². The molecular weight excluding hydrogens is 222 g/mol. The Morgan fingerprint density at radius 2 is 2.00 bits per heavy atom. The zero-order valence-corrected chi connectivity index (χ0v) is 12.6. The largest absolute Gasteiger partial charge is 0.370 e. The summed E-state index contributed by atoms with van der Waals surface area (Å²) >= 11 is 0. The minimum absolute atomic E-state index is 0.239. The summed E-state index contributed by atoms with van der Waals surface area (Å²) in [6.45, 7) is 12.1. The van der Waals surface area contributed by atoms with Crippen LogP contribution in [0.3, 0.4) is 0 Å². The number of hydrogen-bond acceptors (Lipinski definition) is 3. The van der Waals surface area contributed by atoms with Crippen molar-refractivity contribution in [3.8, 4) is 0 Å². The van der Waals surface area contributed by atoms with E-state index in [1.165, 1.54) is 0 Å². The maximum Gasteiger partial charge on any atom is 0.130 e. The Bertz CT molecular complexity index is 368. The number of hydrogen-bond donors (Lipinski definition) is 1. The molecule has 3 heteroatoms. The highest BCUT2D eigenvalue weighted by Crippen LogP contribution is 2.26. The summed E-state index contributed by atoms with van der Waals surface area (Å²) in [5.74, 6) is 1.99. The number of nitrogens with zero attached hydrogens (tertiary/aromatic N) is 2. The molecule has 1 aromatic rings. The van der Waals surface area contributed by atoms with Crippen LogP contribution in [0.5, 0.6) is 0 Å². The molecule has 0 spiro atoms. The molecule has 0 amide bonds. The average molecular weight is 249 g/mol. The topological polar surface area (TPSA) is 28.2 Å². The zero-order valence-electron chi connectivity index (χ0n) is 12.6. The van der Waals surface area contributed by atoms with Crippen LogP contribution >= 0.6 is 0 Å². The van der Waals surface area contributed by atoms with Crippen molar-refractivity contribution in [2.75, 3.05) is 23.8 Å². The Balaban J connectivity index is 2.82. The molecule has 1 aromatic heterocycles. The fraction of sp³-hybridized carbons (Fsp3) is 0.667. The van der Waals surface area contributed by atoms with Gasteiger partial charge in [-0.1, -0.05) is 33.8 Å². The minimum Gasteiger partial charge on any atom is -0.370 e. The molecule has 0 bridgehead atoms. The SMILES string of the molecule is CCCNc1cccc(N(C)C(C)C(C)(C)C)n1. The van der Waals surface area contributed by atoms with E-state index in [9.17, 15) is 0 Å². The lowest BCUT2D eigenvalue weighted by Gasteiger charge is -2.36. The number of pyridine rings is 1. The van der Waals surface area contributed by atoms with Crippen molar-refractivity contribution in [1.29, 1.82) is 0 Å². The predicted octanol–water partition coefficient (Wildman–Crippen LogP) is 3.77. The van der Waals surface area contributed by atoms with Gasteiger partial charge in [-0.3, -0.25) is 0 Å². The molecule has 1 rings (SSSR count). The second-order valence-corrected chi connectivity index (χ2v) is 5.96. The number of aromatic nitrogens is 1. The quantitative estimate of drug-likeness (QED) is 0.861. The normalized spacial score (nSPS) is 13.2. The van der Waals surface area contributed by atoms with Crippen LogP contribution in [-0.4, -0.2) is 24.6 Å². The molecule has 0 aliphatic rings. The minimum atomic E-state index is 0.239. The highest BCUT2D eigenvalue weighted by Gasteiger charge is 2.24. The number of nitrogens with one attached hydrogen (secondary N) is 1. The Morgan fingerprint density at radius 3 is 2.56 bits per heavy atom. The molecule has 0 aromatic carbocycles. The van der Waals surface area contributed by atoms with Crippen LogP contribution in [-0.2, 0) is 0 Å². The van der Waals surface area contributed by atoms with E-state index in [-0.39, 0.29) is 5.41 Å². The molecule has 1 heterocycles. The van der Waals surface area contributed by atoms with Gasteiger partial charge in [0.2, 0.25) is 0 Å². The van der Waals surface area contributed by atoms with E-state index in [1.807, 2.05) is 6.07 Å². The highest BCUT2D eigenvalue weighted by atomic mass is 15.2. The third-order valence-corrected chi connectivity index (χ3v) is 3.49. The molecule has 0 fully saturated rings. The summed E-state index contributed by atoms with van der Waals surface area (Å²) in [6, 6.07) is 6.59.